The summed E-state index contributed by atoms with van der Waals surface area (Å²) in [5.41, 5.74) is 1.10. The molecular formula is C14H15BrN2OS. The lowest BCUT2D eigenvalue weighted by molar-refractivity contribution is -0.116. The van der Waals surface area contributed by atoms with Gasteiger partial charge in [0, 0.05) is 34.7 Å². The van der Waals surface area contributed by atoms with Gasteiger partial charge in [-0.3, -0.25) is 9.48 Å². The van der Waals surface area contributed by atoms with Crippen molar-refractivity contribution in [2.45, 2.75) is 17.7 Å². The van der Waals surface area contributed by atoms with E-state index in [0.717, 1.165) is 21.5 Å². The van der Waals surface area contributed by atoms with Crippen molar-refractivity contribution in [2.75, 3.05) is 5.75 Å². The summed E-state index contributed by atoms with van der Waals surface area (Å²) in [5, 5.41) is 4.09. The molecule has 2 rings (SSSR count). The second-order valence-corrected chi connectivity index (χ2v) is 6.20. The lowest BCUT2D eigenvalue weighted by atomic mass is 10.2. The van der Waals surface area contributed by atoms with Gasteiger partial charge in [-0.25, -0.2) is 0 Å². The number of aryl methyl sites for hydroxylation is 2. The molecule has 19 heavy (non-hydrogen) atoms. The number of halogens is 1. The number of hydrogen-bond acceptors (Lipinski definition) is 3. The number of hydrogen-bond donors (Lipinski definition) is 0. The van der Waals surface area contributed by atoms with Gasteiger partial charge < -0.3 is 0 Å². The van der Waals surface area contributed by atoms with Gasteiger partial charge in [-0.1, -0.05) is 22.0 Å². The van der Waals surface area contributed by atoms with E-state index in [1.54, 1.807) is 18.0 Å². The summed E-state index contributed by atoms with van der Waals surface area (Å²) in [6.45, 7) is 0. The van der Waals surface area contributed by atoms with Crippen LogP contribution in [0.1, 0.15) is 12.1 Å². The Morgan fingerprint density at radius 2 is 2.26 bits per heavy atom. The van der Waals surface area contributed by atoms with Gasteiger partial charge in [0.25, 0.3) is 0 Å². The minimum atomic E-state index is 0.270. The zero-order chi connectivity index (χ0) is 13.7. The molecule has 0 saturated carbocycles. The van der Waals surface area contributed by atoms with E-state index in [0.29, 0.717) is 12.2 Å². The number of rotatable bonds is 6. The first-order valence-electron chi connectivity index (χ1n) is 6.02. The smallest absolute Gasteiger partial charge is 0.143 e. The molecule has 5 heteroatoms. The van der Waals surface area contributed by atoms with E-state index in [1.165, 1.54) is 0 Å². The Morgan fingerprint density at radius 1 is 1.42 bits per heavy atom. The zero-order valence-electron chi connectivity index (χ0n) is 10.7. The van der Waals surface area contributed by atoms with Crippen LogP contribution in [-0.4, -0.2) is 21.3 Å². The van der Waals surface area contributed by atoms with Crippen LogP contribution >= 0.6 is 27.7 Å². The summed E-state index contributed by atoms with van der Waals surface area (Å²) < 4.78 is 2.86. The average molecular weight is 339 g/mol. The first kappa shape index (κ1) is 14.3. The normalized spacial score (nSPS) is 10.6. The summed E-state index contributed by atoms with van der Waals surface area (Å²) >= 11 is 5.01. The molecule has 3 nitrogen and oxygen atoms in total. The zero-order valence-corrected chi connectivity index (χ0v) is 13.1. The van der Waals surface area contributed by atoms with Crippen molar-refractivity contribution < 1.29 is 4.79 Å². The summed E-state index contributed by atoms with van der Waals surface area (Å²) in [4.78, 5) is 13.0. The number of carbonyl (C=O) groups excluding carboxylic acids is 1. The van der Waals surface area contributed by atoms with Crippen LogP contribution in [0.25, 0.3) is 0 Å². The van der Waals surface area contributed by atoms with Gasteiger partial charge in [-0.15, -0.1) is 11.8 Å². The predicted molar refractivity (Wildman–Crippen MR) is 81.4 cm³/mol. The monoisotopic (exact) mass is 338 g/mol. The average Bonchev–Trinajstić information content (AvgIpc) is 2.80. The van der Waals surface area contributed by atoms with Gasteiger partial charge in [-0.05, 0) is 30.7 Å². The fourth-order valence-corrected chi connectivity index (χ4v) is 3.11. The molecule has 0 aliphatic rings. The highest BCUT2D eigenvalue weighted by molar-refractivity contribution is 9.10. The number of aromatic nitrogens is 2. The van der Waals surface area contributed by atoms with E-state index < -0.39 is 0 Å². The molecule has 1 heterocycles. The van der Waals surface area contributed by atoms with Crippen molar-refractivity contribution in [3.63, 3.8) is 0 Å². The maximum absolute atomic E-state index is 11.8. The molecule has 0 atom stereocenters. The van der Waals surface area contributed by atoms with Gasteiger partial charge in [0.1, 0.15) is 5.78 Å². The Hall–Kier alpha value is -1.07. The molecule has 0 amide bonds. The Labute approximate surface area is 125 Å². The molecular weight excluding hydrogens is 324 g/mol. The van der Waals surface area contributed by atoms with Crippen LogP contribution in [0.2, 0.25) is 0 Å². The first-order chi connectivity index (χ1) is 9.15. The molecule has 0 bridgehead atoms. The van der Waals surface area contributed by atoms with Crippen molar-refractivity contribution in [3.8, 4) is 0 Å². The molecule has 0 N–H and O–H groups in total. The van der Waals surface area contributed by atoms with E-state index in [1.807, 2.05) is 42.1 Å². The Kier molecular flexibility index (Phi) is 5.22. The lowest BCUT2D eigenvalue weighted by Gasteiger charge is -2.03. The molecule has 2 aromatic rings. The van der Waals surface area contributed by atoms with Gasteiger partial charge >= 0.3 is 0 Å². The molecule has 0 saturated heterocycles. The van der Waals surface area contributed by atoms with Crippen molar-refractivity contribution in [2.24, 2.45) is 7.05 Å². The van der Waals surface area contributed by atoms with Gasteiger partial charge in [0.05, 0.1) is 5.75 Å². The molecule has 0 radical (unpaired) electrons. The number of thioether (sulfide) groups is 1. The number of ketones is 1. The topological polar surface area (TPSA) is 34.9 Å². The maximum Gasteiger partial charge on any atom is 0.143 e. The number of benzene rings is 1. The van der Waals surface area contributed by atoms with Crippen LogP contribution in [0.15, 0.2) is 45.9 Å². The Bertz CT molecular complexity index is 568. The summed E-state index contributed by atoms with van der Waals surface area (Å²) in [7, 11) is 1.90. The van der Waals surface area contributed by atoms with Crippen LogP contribution in [0, 0.1) is 0 Å². The molecule has 0 fully saturated rings. The van der Waals surface area contributed by atoms with Gasteiger partial charge in [0.15, 0.2) is 0 Å². The fourth-order valence-electron chi connectivity index (χ4n) is 1.71. The number of nitrogens with zero attached hydrogens (tertiary/aromatic N) is 2. The van der Waals surface area contributed by atoms with Crippen LogP contribution in [0.3, 0.4) is 0 Å². The van der Waals surface area contributed by atoms with Crippen molar-refractivity contribution in [3.05, 3.63) is 46.7 Å². The summed E-state index contributed by atoms with van der Waals surface area (Å²) in [6, 6.07) is 9.96. The second-order valence-electron chi connectivity index (χ2n) is 4.23. The van der Waals surface area contributed by atoms with Crippen LogP contribution in [0.5, 0.6) is 0 Å². The highest BCUT2D eigenvalue weighted by Gasteiger charge is 2.06. The fraction of sp³-hybridized carbons (Fsp3) is 0.286. The van der Waals surface area contributed by atoms with Crippen LogP contribution in [-0.2, 0) is 18.3 Å². The van der Waals surface area contributed by atoms with E-state index in [9.17, 15) is 4.79 Å². The second kappa shape index (κ2) is 6.91. The minimum Gasteiger partial charge on any atom is -0.299 e. The molecule has 0 unspecified atom stereocenters. The molecule has 100 valence electrons. The summed E-state index contributed by atoms with van der Waals surface area (Å²) in [5.74, 6) is 0.792. The third-order valence-electron chi connectivity index (χ3n) is 2.78. The third kappa shape index (κ3) is 4.51. The van der Waals surface area contributed by atoms with Gasteiger partial charge in [-0.2, -0.15) is 5.10 Å². The largest absolute Gasteiger partial charge is 0.299 e. The Morgan fingerprint density at radius 3 is 2.95 bits per heavy atom. The van der Waals surface area contributed by atoms with Crippen molar-refractivity contribution in [1.29, 1.82) is 0 Å². The first-order valence-corrected chi connectivity index (χ1v) is 7.80. The van der Waals surface area contributed by atoms with E-state index in [2.05, 4.69) is 21.0 Å². The highest BCUT2D eigenvalue weighted by Crippen LogP contribution is 2.22. The third-order valence-corrected chi connectivity index (χ3v) is 4.33. The van der Waals surface area contributed by atoms with E-state index in [-0.39, 0.29) is 5.78 Å². The summed E-state index contributed by atoms with van der Waals surface area (Å²) in [6.07, 6.45) is 3.09. The van der Waals surface area contributed by atoms with E-state index >= 15 is 0 Å². The lowest BCUT2D eigenvalue weighted by Crippen LogP contribution is -2.06. The SMILES string of the molecule is Cn1nccc1CCC(=O)CSc1cccc(Br)c1. The number of carbonyl (C=O) groups is 1. The molecule has 0 aliphatic carbocycles. The van der Waals surface area contributed by atoms with Crippen molar-refractivity contribution in [1.82, 2.24) is 9.78 Å². The molecule has 0 spiro atoms. The molecule has 1 aromatic carbocycles. The minimum absolute atomic E-state index is 0.270. The van der Waals surface area contributed by atoms with Crippen LogP contribution < -0.4 is 0 Å². The quantitative estimate of drug-likeness (QED) is 0.756. The van der Waals surface area contributed by atoms with Crippen LogP contribution in [0.4, 0.5) is 0 Å². The van der Waals surface area contributed by atoms with Gasteiger partial charge in [0.2, 0.25) is 0 Å². The highest BCUT2D eigenvalue weighted by atomic mass is 79.9. The standard InChI is InChI=1S/C14H15BrN2OS/c1-17-12(7-8-16-17)5-6-13(18)10-19-14-4-2-3-11(15)9-14/h2-4,7-9H,5-6,10H2,1H3. The predicted octanol–water partition coefficient (Wildman–Crippen LogP) is 3.48. The Balaban J connectivity index is 1.77. The van der Waals surface area contributed by atoms with E-state index in [4.69, 9.17) is 0 Å². The van der Waals surface area contributed by atoms with Crippen molar-refractivity contribution >= 4 is 33.5 Å². The maximum atomic E-state index is 11.8. The molecule has 1 aromatic heterocycles. The molecule has 0 aliphatic heterocycles. The number of Topliss-reactive ketones (excluding diaryl/α,β-unsaturated/α-hetero) is 1.